The normalized spacial score (nSPS) is 6.00. The third kappa shape index (κ3) is 51.2. The molecule has 0 aliphatic rings. The number of rotatable bonds is 1. The van der Waals surface area contributed by atoms with Crippen molar-refractivity contribution < 1.29 is 4.74 Å². The molecule has 1 aromatic rings. The second-order valence-electron chi connectivity index (χ2n) is 1.73. The van der Waals surface area contributed by atoms with Gasteiger partial charge in [0.25, 0.3) is 0 Å². The summed E-state index contributed by atoms with van der Waals surface area (Å²) < 4.78 is 4.54. The van der Waals surface area contributed by atoms with Crippen LogP contribution in [0.25, 0.3) is 0 Å². The molecule has 0 fully saturated rings. The van der Waals surface area contributed by atoms with Gasteiger partial charge < -0.3 is 4.74 Å². The fourth-order valence-corrected chi connectivity index (χ4v) is 0.385. The van der Waals surface area contributed by atoms with Crippen molar-refractivity contribution >= 4 is 0 Å². The van der Waals surface area contributed by atoms with Crippen LogP contribution in [-0.2, 0) is 4.74 Å². The Kier molecular flexibility index (Phi) is 72.9. The maximum absolute atomic E-state index is 4.54. The van der Waals surface area contributed by atoms with Gasteiger partial charge in [0.2, 0.25) is 0 Å². The maximum Gasteiger partial charge on any atom is 0.0433 e. The number of ether oxygens (including phenoxy) is 1. The molecule has 0 saturated carbocycles. The van der Waals surface area contributed by atoms with Crippen molar-refractivity contribution in [2.24, 2.45) is 0 Å². The molecular weight excluding hydrogens is 196 g/mol. The minimum Gasteiger partial charge on any atom is -0.385 e. The molecule has 0 bridgehead atoms. The molecule has 1 heteroatoms. The highest BCUT2D eigenvalue weighted by Crippen LogP contribution is 1.79. The van der Waals surface area contributed by atoms with Gasteiger partial charge in [0, 0.05) is 13.7 Å². The molecule has 0 atom stereocenters. The van der Waals surface area contributed by atoms with Crippen LogP contribution in [0, 0.1) is 0 Å². The summed E-state index contributed by atoms with van der Waals surface area (Å²) in [6, 6.07) is 12.0. The molecule has 0 saturated heterocycles. The third-order valence-corrected chi connectivity index (χ3v) is 0.955. The molecule has 1 nitrogen and oxygen atoms in total. The predicted octanol–water partition coefficient (Wildman–Crippen LogP) is 5.42. The van der Waals surface area contributed by atoms with Crippen LogP contribution in [0.3, 0.4) is 0 Å². The Morgan fingerprint density at radius 2 is 0.750 bits per heavy atom. The lowest BCUT2D eigenvalue weighted by Crippen LogP contribution is -1.73. The summed E-state index contributed by atoms with van der Waals surface area (Å²) in [4.78, 5) is 0. The first-order valence-electron chi connectivity index (χ1n) is 6.40. The zero-order chi connectivity index (χ0) is 13.7. The average molecular weight is 228 g/mol. The summed E-state index contributed by atoms with van der Waals surface area (Å²) >= 11 is 0. The lowest BCUT2D eigenvalue weighted by Gasteiger charge is -1.76. The highest BCUT2D eigenvalue weighted by atomic mass is 16.5. The van der Waals surface area contributed by atoms with Gasteiger partial charge in [0.1, 0.15) is 0 Å². The van der Waals surface area contributed by atoms with Crippen molar-refractivity contribution in [3.63, 3.8) is 0 Å². The minimum absolute atomic E-state index is 0.819. The fourth-order valence-electron chi connectivity index (χ4n) is 0.385. The van der Waals surface area contributed by atoms with Gasteiger partial charge in [-0.05, 0) is 6.92 Å². The van der Waals surface area contributed by atoms with Gasteiger partial charge in [-0.3, -0.25) is 0 Å². The van der Waals surface area contributed by atoms with E-state index in [-0.39, 0.29) is 0 Å². The van der Waals surface area contributed by atoms with E-state index >= 15 is 0 Å². The maximum atomic E-state index is 4.54. The van der Waals surface area contributed by atoms with Crippen molar-refractivity contribution in [1.82, 2.24) is 0 Å². The lowest BCUT2D eigenvalue weighted by molar-refractivity contribution is 0.215. The Balaban J connectivity index is -0.0000000639. The first-order valence-corrected chi connectivity index (χ1v) is 6.40. The topological polar surface area (TPSA) is 9.23 Å². The number of hydrogen-bond donors (Lipinski definition) is 0. The lowest BCUT2D eigenvalue weighted by atomic mass is 10.4. The van der Waals surface area contributed by atoms with Crippen molar-refractivity contribution in [1.29, 1.82) is 0 Å². The molecule has 0 amide bonds. The van der Waals surface area contributed by atoms with Gasteiger partial charge in [0.15, 0.2) is 0 Å². The molecule has 0 N–H and O–H groups in total. The van der Waals surface area contributed by atoms with E-state index in [4.69, 9.17) is 0 Å². The molecule has 0 radical (unpaired) electrons. The molecule has 16 heavy (non-hydrogen) atoms. The van der Waals surface area contributed by atoms with Crippen LogP contribution >= 0.6 is 0 Å². The van der Waals surface area contributed by atoms with E-state index in [0.29, 0.717) is 0 Å². The molecule has 0 unspecified atom stereocenters. The zero-order valence-electron chi connectivity index (χ0n) is 12.6. The molecule has 0 aliphatic carbocycles. The van der Waals surface area contributed by atoms with Gasteiger partial charge in [-0.1, -0.05) is 77.9 Å². The van der Waals surface area contributed by atoms with Gasteiger partial charge >= 0.3 is 0 Å². The predicted molar refractivity (Wildman–Crippen MR) is 78.0 cm³/mol. The highest BCUT2D eigenvalue weighted by Gasteiger charge is 1.57. The quantitative estimate of drug-likeness (QED) is 0.624. The van der Waals surface area contributed by atoms with E-state index in [0.717, 1.165) is 6.61 Å². The van der Waals surface area contributed by atoms with Crippen molar-refractivity contribution in [3.8, 4) is 0 Å². The van der Waals surface area contributed by atoms with Gasteiger partial charge in [-0.25, -0.2) is 0 Å². The summed E-state index contributed by atoms with van der Waals surface area (Å²) in [6.07, 6.45) is 0. The first-order chi connectivity index (χ1) is 7.91. The van der Waals surface area contributed by atoms with E-state index in [9.17, 15) is 0 Å². The van der Waals surface area contributed by atoms with E-state index in [1.807, 2.05) is 84.9 Å². The minimum atomic E-state index is 0.819. The van der Waals surface area contributed by atoms with Crippen molar-refractivity contribution in [2.45, 2.75) is 48.5 Å². The zero-order valence-corrected chi connectivity index (χ0v) is 12.6. The number of hydrogen-bond acceptors (Lipinski definition) is 1. The third-order valence-electron chi connectivity index (χ3n) is 0.955. The van der Waals surface area contributed by atoms with Crippen LogP contribution in [-0.4, -0.2) is 13.7 Å². The Morgan fingerprint density at radius 1 is 0.625 bits per heavy atom. The number of benzene rings is 1. The van der Waals surface area contributed by atoms with E-state index in [2.05, 4.69) is 4.74 Å². The molecule has 1 rings (SSSR count). The van der Waals surface area contributed by atoms with Crippen LogP contribution in [0.15, 0.2) is 36.4 Å². The van der Waals surface area contributed by atoms with Gasteiger partial charge in [0.05, 0.1) is 0 Å². The first kappa shape index (κ1) is 24.4. The molecule has 0 spiro atoms. The van der Waals surface area contributed by atoms with Gasteiger partial charge in [-0.2, -0.15) is 0 Å². The molecule has 0 aromatic heterocycles. The summed E-state index contributed by atoms with van der Waals surface area (Å²) in [5.74, 6) is 0. The standard InChI is InChI=1S/C6H6.C3H8O.3C2H6/c1-2-4-6-5-3-1;1-3-4-2;3*1-2/h1-6H;3H2,1-2H3;3*1-2H3. The Bertz CT molecular complexity index is 97.4. The summed E-state index contributed by atoms with van der Waals surface area (Å²) in [7, 11) is 1.68. The Hall–Kier alpha value is -0.820. The molecule has 1 aromatic carbocycles. The summed E-state index contributed by atoms with van der Waals surface area (Å²) in [5.41, 5.74) is 0. The van der Waals surface area contributed by atoms with Crippen LogP contribution in [0.2, 0.25) is 0 Å². The molecule has 98 valence electrons. The fraction of sp³-hybridized carbons (Fsp3) is 0.600. The van der Waals surface area contributed by atoms with E-state index < -0.39 is 0 Å². The largest absolute Gasteiger partial charge is 0.385 e. The van der Waals surface area contributed by atoms with Crippen molar-refractivity contribution in [3.05, 3.63) is 36.4 Å². The number of methoxy groups -OCH3 is 1. The van der Waals surface area contributed by atoms with Crippen molar-refractivity contribution in [2.75, 3.05) is 13.7 Å². The average Bonchev–Trinajstić information content (AvgIpc) is 2.47. The molecule has 0 heterocycles. The second-order valence-corrected chi connectivity index (χ2v) is 1.73. The van der Waals surface area contributed by atoms with Gasteiger partial charge in [-0.15, -0.1) is 0 Å². The molecular formula is C15H32O. The van der Waals surface area contributed by atoms with E-state index in [1.165, 1.54) is 0 Å². The van der Waals surface area contributed by atoms with E-state index in [1.54, 1.807) is 7.11 Å². The Morgan fingerprint density at radius 3 is 0.812 bits per heavy atom. The molecule has 0 aliphatic heterocycles. The van der Waals surface area contributed by atoms with Crippen LogP contribution in [0.5, 0.6) is 0 Å². The van der Waals surface area contributed by atoms with Crippen LogP contribution in [0.1, 0.15) is 48.5 Å². The van der Waals surface area contributed by atoms with Crippen LogP contribution < -0.4 is 0 Å². The highest BCUT2D eigenvalue weighted by molar-refractivity contribution is 4.99. The summed E-state index contributed by atoms with van der Waals surface area (Å²) in [5, 5.41) is 0. The second kappa shape index (κ2) is 47.8. The Labute approximate surface area is 104 Å². The monoisotopic (exact) mass is 228 g/mol. The summed E-state index contributed by atoms with van der Waals surface area (Å²) in [6.45, 7) is 14.8. The van der Waals surface area contributed by atoms with Crippen LogP contribution in [0.4, 0.5) is 0 Å². The smallest absolute Gasteiger partial charge is 0.0433 e. The SMILES string of the molecule is CC.CC.CC.CCOC.c1ccccc1.